The Morgan fingerprint density at radius 1 is 1.10 bits per heavy atom. The smallest absolute Gasteiger partial charge is 0.176 e. The SMILES string of the molecule is CSc1ccc(C(=O)CN2CCN(C(C)(C)C)CC2)cc1. The summed E-state index contributed by atoms with van der Waals surface area (Å²) in [6.07, 6.45) is 2.05. The van der Waals surface area contributed by atoms with Crippen molar-refractivity contribution in [1.82, 2.24) is 9.80 Å². The van der Waals surface area contributed by atoms with E-state index in [2.05, 4.69) is 30.6 Å². The van der Waals surface area contributed by atoms with Crippen molar-refractivity contribution in [3.63, 3.8) is 0 Å². The van der Waals surface area contributed by atoms with Crippen LogP contribution in [0.25, 0.3) is 0 Å². The summed E-state index contributed by atoms with van der Waals surface area (Å²) in [5.74, 6) is 0.229. The molecule has 0 unspecified atom stereocenters. The number of carbonyl (C=O) groups is 1. The number of hydrogen-bond donors (Lipinski definition) is 0. The molecule has 1 heterocycles. The third-order valence-corrected chi connectivity index (χ3v) is 4.84. The fraction of sp³-hybridized carbons (Fsp3) is 0.588. The molecule has 0 radical (unpaired) electrons. The highest BCUT2D eigenvalue weighted by molar-refractivity contribution is 7.98. The van der Waals surface area contributed by atoms with Crippen molar-refractivity contribution in [2.75, 3.05) is 39.0 Å². The van der Waals surface area contributed by atoms with Gasteiger partial charge in [0.15, 0.2) is 5.78 Å². The molecular weight excluding hydrogens is 280 g/mol. The summed E-state index contributed by atoms with van der Waals surface area (Å²) in [5.41, 5.74) is 1.05. The molecule has 21 heavy (non-hydrogen) atoms. The zero-order chi connectivity index (χ0) is 15.5. The zero-order valence-corrected chi connectivity index (χ0v) is 14.4. The van der Waals surface area contributed by atoms with Crippen LogP contribution in [0.2, 0.25) is 0 Å². The first-order valence-electron chi connectivity index (χ1n) is 7.55. The Balaban J connectivity index is 1.86. The summed E-state index contributed by atoms with van der Waals surface area (Å²) in [6, 6.07) is 7.93. The average molecular weight is 306 g/mol. The van der Waals surface area contributed by atoms with E-state index in [9.17, 15) is 4.79 Å². The Labute approximate surface area is 132 Å². The van der Waals surface area contributed by atoms with Crippen LogP contribution in [0, 0.1) is 0 Å². The number of Topliss-reactive ketones (excluding diaryl/α,β-unsaturated/α-hetero) is 1. The molecule has 0 bridgehead atoms. The van der Waals surface area contributed by atoms with E-state index in [1.54, 1.807) is 11.8 Å². The molecule has 0 amide bonds. The molecular formula is C17H26N2OS. The van der Waals surface area contributed by atoms with E-state index in [0.717, 1.165) is 31.7 Å². The van der Waals surface area contributed by atoms with Gasteiger partial charge in [-0.05, 0) is 39.2 Å². The molecule has 4 heteroatoms. The summed E-state index contributed by atoms with van der Waals surface area (Å²) in [7, 11) is 0. The topological polar surface area (TPSA) is 23.6 Å². The van der Waals surface area contributed by atoms with Crippen molar-refractivity contribution in [3.8, 4) is 0 Å². The Kier molecular flexibility index (Phi) is 5.47. The van der Waals surface area contributed by atoms with E-state index in [4.69, 9.17) is 0 Å². The van der Waals surface area contributed by atoms with Crippen molar-refractivity contribution < 1.29 is 4.79 Å². The van der Waals surface area contributed by atoms with Crippen molar-refractivity contribution in [2.24, 2.45) is 0 Å². The van der Waals surface area contributed by atoms with Crippen LogP contribution in [-0.4, -0.2) is 60.1 Å². The molecule has 0 spiro atoms. The molecule has 0 atom stereocenters. The van der Waals surface area contributed by atoms with Gasteiger partial charge < -0.3 is 0 Å². The highest BCUT2D eigenvalue weighted by Crippen LogP contribution is 2.17. The monoisotopic (exact) mass is 306 g/mol. The summed E-state index contributed by atoms with van der Waals surface area (Å²) < 4.78 is 0. The molecule has 0 saturated carbocycles. The van der Waals surface area contributed by atoms with E-state index >= 15 is 0 Å². The maximum Gasteiger partial charge on any atom is 0.176 e. The lowest BCUT2D eigenvalue weighted by Crippen LogP contribution is -2.54. The third-order valence-electron chi connectivity index (χ3n) is 4.10. The van der Waals surface area contributed by atoms with E-state index in [-0.39, 0.29) is 11.3 Å². The first-order valence-corrected chi connectivity index (χ1v) is 8.77. The van der Waals surface area contributed by atoms with Gasteiger partial charge in [0.1, 0.15) is 0 Å². The molecule has 3 nitrogen and oxygen atoms in total. The van der Waals surface area contributed by atoms with Crippen LogP contribution in [0.1, 0.15) is 31.1 Å². The van der Waals surface area contributed by atoms with Crippen LogP contribution in [0.15, 0.2) is 29.2 Å². The maximum atomic E-state index is 12.3. The molecule has 0 aliphatic carbocycles. The van der Waals surface area contributed by atoms with Crippen LogP contribution in [0.3, 0.4) is 0 Å². The van der Waals surface area contributed by atoms with Gasteiger partial charge in [0.25, 0.3) is 0 Å². The molecule has 1 aromatic carbocycles. The van der Waals surface area contributed by atoms with E-state index in [1.165, 1.54) is 4.90 Å². The largest absolute Gasteiger partial charge is 0.296 e. The predicted molar refractivity (Wildman–Crippen MR) is 90.3 cm³/mol. The fourth-order valence-electron chi connectivity index (χ4n) is 2.65. The summed E-state index contributed by atoms with van der Waals surface area (Å²) in [6.45, 7) is 11.3. The minimum atomic E-state index is 0.226. The lowest BCUT2D eigenvalue weighted by Gasteiger charge is -2.42. The first kappa shape index (κ1) is 16.5. The van der Waals surface area contributed by atoms with Crippen molar-refractivity contribution >= 4 is 17.5 Å². The third kappa shape index (κ3) is 4.56. The second-order valence-corrected chi connectivity index (χ2v) is 7.47. The summed E-state index contributed by atoms with van der Waals surface area (Å²) in [5, 5.41) is 0. The minimum absolute atomic E-state index is 0.226. The van der Waals surface area contributed by atoms with Gasteiger partial charge in [0.2, 0.25) is 0 Å². The summed E-state index contributed by atoms with van der Waals surface area (Å²) >= 11 is 1.70. The number of rotatable bonds is 4. The van der Waals surface area contributed by atoms with Crippen LogP contribution in [0.4, 0.5) is 0 Å². The van der Waals surface area contributed by atoms with Gasteiger partial charge in [-0.25, -0.2) is 0 Å². The van der Waals surface area contributed by atoms with Gasteiger partial charge in [-0.15, -0.1) is 11.8 Å². The van der Waals surface area contributed by atoms with E-state index < -0.39 is 0 Å². The fourth-order valence-corrected chi connectivity index (χ4v) is 3.06. The minimum Gasteiger partial charge on any atom is -0.296 e. The Morgan fingerprint density at radius 3 is 2.14 bits per heavy atom. The van der Waals surface area contributed by atoms with Crippen LogP contribution in [0.5, 0.6) is 0 Å². The molecule has 2 rings (SSSR count). The van der Waals surface area contributed by atoms with Crippen LogP contribution < -0.4 is 0 Å². The number of thioether (sulfide) groups is 1. The molecule has 116 valence electrons. The number of hydrogen-bond acceptors (Lipinski definition) is 4. The van der Waals surface area contributed by atoms with Crippen molar-refractivity contribution in [2.45, 2.75) is 31.2 Å². The Hall–Kier alpha value is -0.840. The van der Waals surface area contributed by atoms with Gasteiger partial charge in [-0.2, -0.15) is 0 Å². The number of carbonyl (C=O) groups excluding carboxylic acids is 1. The molecule has 1 aliphatic heterocycles. The van der Waals surface area contributed by atoms with E-state index in [1.807, 2.05) is 30.5 Å². The lowest BCUT2D eigenvalue weighted by atomic mass is 10.0. The molecule has 1 fully saturated rings. The predicted octanol–water partition coefficient (Wildman–Crippen LogP) is 3.01. The Bertz CT molecular complexity index is 471. The number of benzene rings is 1. The Morgan fingerprint density at radius 2 is 1.67 bits per heavy atom. The van der Waals surface area contributed by atoms with Gasteiger partial charge >= 0.3 is 0 Å². The lowest BCUT2D eigenvalue weighted by molar-refractivity contribution is 0.0579. The summed E-state index contributed by atoms with van der Waals surface area (Å²) in [4.78, 5) is 18.3. The van der Waals surface area contributed by atoms with Crippen LogP contribution in [-0.2, 0) is 0 Å². The molecule has 1 saturated heterocycles. The van der Waals surface area contributed by atoms with Gasteiger partial charge in [-0.3, -0.25) is 14.6 Å². The van der Waals surface area contributed by atoms with Crippen LogP contribution >= 0.6 is 11.8 Å². The average Bonchev–Trinajstić information content (AvgIpc) is 2.47. The molecule has 1 aromatic rings. The molecule has 0 aromatic heterocycles. The van der Waals surface area contributed by atoms with Gasteiger partial charge in [0, 0.05) is 42.2 Å². The van der Waals surface area contributed by atoms with E-state index in [0.29, 0.717) is 6.54 Å². The highest BCUT2D eigenvalue weighted by atomic mass is 32.2. The normalized spacial score (nSPS) is 17.9. The number of ketones is 1. The second kappa shape index (κ2) is 6.95. The maximum absolute atomic E-state index is 12.3. The van der Waals surface area contributed by atoms with Crippen molar-refractivity contribution in [3.05, 3.63) is 29.8 Å². The first-order chi connectivity index (χ1) is 9.90. The molecule has 0 N–H and O–H groups in total. The second-order valence-electron chi connectivity index (χ2n) is 6.59. The zero-order valence-electron chi connectivity index (χ0n) is 13.6. The molecule has 1 aliphatic rings. The van der Waals surface area contributed by atoms with Crippen molar-refractivity contribution in [1.29, 1.82) is 0 Å². The standard InChI is InChI=1S/C17H26N2OS/c1-17(2,3)19-11-9-18(10-12-19)13-16(20)14-5-7-15(21-4)8-6-14/h5-8H,9-13H2,1-4H3. The van der Waals surface area contributed by atoms with Gasteiger partial charge in [-0.1, -0.05) is 12.1 Å². The number of piperazine rings is 1. The quantitative estimate of drug-likeness (QED) is 0.630. The number of nitrogens with zero attached hydrogens (tertiary/aromatic N) is 2. The van der Waals surface area contributed by atoms with Gasteiger partial charge in [0.05, 0.1) is 6.54 Å². The highest BCUT2D eigenvalue weighted by Gasteiger charge is 2.26.